The van der Waals surface area contributed by atoms with Crippen LogP contribution in [0.5, 0.6) is 0 Å². The van der Waals surface area contributed by atoms with Gasteiger partial charge in [-0.1, -0.05) is 35.9 Å². The first-order valence-corrected chi connectivity index (χ1v) is 11.5. The Hall–Kier alpha value is -3.91. The molecule has 0 spiro atoms. The van der Waals surface area contributed by atoms with Crippen LogP contribution in [0.3, 0.4) is 0 Å². The fourth-order valence-corrected chi connectivity index (χ4v) is 4.12. The van der Waals surface area contributed by atoms with Gasteiger partial charge in [-0.25, -0.2) is 13.4 Å². The lowest BCUT2D eigenvalue weighted by atomic mass is 10.2. The molecule has 0 atom stereocenters. The maximum absolute atomic E-state index is 12.5. The van der Waals surface area contributed by atoms with Gasteiger partial charge in [0, 0.05) is 28.8 Å². The van der Waals surface area contributed by atoms with Gasteiger partial charge in [-0.05, 0) is 62.4 Å². The van der Waals surface area contributed by atoms with Crippen LogP contribution in [0.2, 0.25) is 0 Å². The van der Waals surface area contributed by atoms with E-state index in [1.54, 1.807) is 54.6 Å². The first kappa shape index (κ1) is 21.3. The van der Waals surface area contributed by atoms with E-state index in [-0.39, 0.29) is 4.90 Å². The summed E-state index contributed by atoms with van der Waals surface area (Å²) < 4.78 is 27.5. The average Bonchev–Trinajstić information content (AvgIpc) is 2.77. The summed E-state index contributed by atoms with van der Waals surface area (Å²) in [5, 5.41) is 6.44. The molecule has 1 heterocycles. The zero-order chi connectivity index (χ0) is 22.6. The van der Waals surface area contributed by atoms with Crippen LogP contribution in [0, 0.1) is 13.8 Å². The van der Waals surface area contributed by atoms with Gasteiger partial charge in [-0.2, -0.15) is 4.98 Å². The zero-order valence-corrected chi connectivity index (χ0v) is 18.5. The van der Waals surface area contributed by atoms with E-state index in [2.05, 4.69) is 25.3 Å². The molecule has 7 nitrogen and oxygen atoms in total. The van der Waals surface area contributed by atoms with Crippen molar-refractivity contribution in [2.45, 2.75) is 18.7 Å². The average molecular weight is 446 g/mol. The summed E-state index contributed by atoms with van der Waals surface area (Å²) in [5.41, 5.74) is 4.14. The Morgan fingerprint density at radius 2 is 1.28 bits per heavy atom. The molecule has 0 aliphatic rings. The standard InChI is InChI=1S/C24H23N5O2S/c1-17-8-10-20(11-9-17)27-24-25-18(2)16-23(28-24)26-19-12-14-21(15-13-19)29-32(30,31)22-6-4-3-5-7-22/h3-16,29H,1-2H3,(H2,25,26,27,28). The predicted molar refractivity (Wildman–Crippen MR) is 128 cm³/mol. The van der Waals surface area contributed by atoms with E-state index in [0.717, 1.165) is 17.1 Å². The van der Waals surface area contributed by atoms with Crippen LogP contribution in [0.4, 0.5) is 28.8 Å². The van der Waals surface area contributed by atoms with Gasteiger partial charge in [0.15, 0.2) is 0 Å². The highest BCUT2D eigenvalue weighted by molar-refractivity contribution is 7.92. The van der Waals surface area contributed by atoms with Gasteiger partial charge in [0.1, 0.15) is 5.82 Å². The van der Waals surface area contributed by atoms with Crippen LogP contribution in [-0.2, 0) is 10.0 Å². The molecule has 0 bridgehead atoms. The van der Waals surface area contributed by atoms with Crippen molar-refractivity contribution >= 4 is 38.9 Å². The quantitative estimate of drug-likeness (QED) is 0.353. The van der Waals surface area contributed by atoms with Crippen molar-refractivity contribution < 1.29 is 8.42 Å². The molecule has 0 amide bonds. The van der Waals surface area contributed by atoms with Gasteiger partial charge in [0.05, 0.1) is 4.90 Å². The highest BCUT2D eigenvalue weighted by atomic mass is 32.2. The van der Waals surface area contributed by atoms with E-state index >= 15 is 0 Å². The second kappa shape index (κ2) is 9.07. The summed E-state index contributed by atoms with van der Waals surface area (Å²) >= 11 is 0. The molecule has 4 aromatic rings. The van der Waals surface area contributed by atoms with Crippen LogP contribution in [0.25, 0.3) is 0 Å². The lowest BCUT2D eigenvalue weighted by molar-refractivity contribution is 0.601. The summed E-state index contributed by atoms with van der Waals surface area (Å²) in [6.07, 6.45) is 0. The van der Waals surface area contributed by atoms with Crippen LogP contribution in [0.15, 0.2) is 89.8 Å². The number of nitrogens with one attached hydrogen (secondary N) is 3. The number of rotatable bonds is 7. The Kier molecular flexibility index (Phi) is 6.04. The minimum Gasteiger partial charge on any atom is -0.340 e. The number of aromatic nitrogens is 2. The first-order valence-electron chi connectivity index (χ1n) is 10.0. The molecule has 0 radical (unpaired) electrons. The van der Waals surface area contributed by atoms with Gasteiger partial charge in [0.25, 0.3) is 10.0 Å². The van der Waals surface area contributed by atoms with E-state index < -0.39 is 10.0 Å². The third-order valence-corrected chi connectivity index (χ3v) is 6.02. The number of aryl methyl sites for hydroxylation is 2. The molecular formula is C24H23N5O2S. The van der Waals surface area contributed by atoms with Crippen LogP contribution < -0.4 is 15.4 Å². The van der Waals surface area contributed by atoms with E-state index in [4.69, 9.17) is 0 Å². The molecule has 0 fully saturated rings. The van der Waals surface area contributed by atoms with Gasteiger partial charge in [0.2, 0.25) is 5.95 Å². The molecule has 0 saturated heterocycles. The highest BCUT2D eigenvalue weighted by Gasteiger charge is 2.13. The fraction of sp³-hybridized carbons (Fsp3) is 0.0833. The molecule has 3 aromatic carbocycles. The second-order valence-corrected chi connectivity index (χ2v) is 9.01. The van der Waals surface area contributed by atoms with Crippen molar-refractivity contribution in [3.63, 3.8) is 0 Å². The van der Waals surface area contributed by atoms with Crippen molar-refractivity contribution in [1.29, 1.82) is 0 Å². The number of anilines is 5. The van der Waals surface area contributed by atoms with E-state index in [1.165, 1.54) is 5.56 Å². The number of nitrogens with zero attached hydrogens (tertiary/aromatic N) is 2. The summed E-state index contributed by atoms with van der Waals surface area (Å²) in [6, 6.07) is 25.0. The molecule has 162 valence electrons. The molecule has 0 aliphatic carbocycles. The maximum Gasteiger partial charge on any atom is 0.261 e. The summed E-state index contributed by atoms with van der Waals surface area (Å²) in [5.74, 6) is 1.12. The van der Waals surface area contributed by atoms with Crippen LogP contribution in [0.1, 0.15) is 11.3 Å². The Balaban J connectivity index is 1.46. The van der Waals surface area contributed by atoms with E-state index in [9.17, 15) is 8.42 Å². The topological polar surface area (TPSA) is 96.0 Å². The van der Waals surface area contributed by atoms with Gasteiger partial charge in [-0.15, -0.1) is 0 Å². The van der Waals surface area contributed by atoms with Gasteiger partial charge >= 0.3 is 0 Å². The van der Waals surface area contributed by atoms with Crippen LogP contribution >= 0.6 is 0 Å². The van der Waals surface area contributed by atoms with Gasteiger partial charge in [-0.3, -0.25) is 4.72 Å². The first-order chi connectivity index (χ1) is 15.4. The molecule has 0 aliphatic heterocycles. The van der Waals surface area contributed by atoms with Crippen molar-refractivity contribution in [3.05, 3.63) is 96.2 Å². The lowest BCUT2D eigenvalue weighted by Gasteiger charge is -2.11. The largest absolute Gasteiger partial charge is 0.340 e. The Bertz CT molecular complexity index is 1310. The third kappa shape index (κ3) is 5.41. The van der Waals surface area contributed by atoms with Crippen molar-refractivity contribution in [2.24, 2.45) is 0 Å². The minimum atomic E-state index is -3.63. The minimum absolute atomic E-state index is 0.215. The maximum atomic E-state index is 12.5. The Morgan fingerprint density at radius 1 is 0.688 bits per heavy atom. The molecule has 8 heteroatoms. The molecular weight excluding hydrogens is 422 g/mol. The molecule has 0 saturated carbocycles. The third-order valence-electron chi connectivity index (χ3n) is 4.62. The second-order valence-electron chi connectivity index (χ2n) is 7.33. The predicted octanol–water partition coefficient (Wildman–Crippen LogP) is 5.38. The zero-order valence-electron chi connectivity index (χ0n) is 17.7. The van der Waals surface area contributed by atoms with Crippen molar-refractivity contribution in [2.75, 3.05) is 15.4 Å². The van der Waals surface area contributed by atoms with Crippen molar-refractivity contribution in [3.8, 4) is 0 Å². The molecule has 32 heavy (non-hydrogen) atoms. The Morgan fingerprint density at radius 3 is 1.97 bits per heavy atom. The van der Waals surface area contributed by atoms with Crippen molar-refractivity contribution in [1.82, 2.24) is 9.97 Å². The van der Waals surface area contributed by atoms with Gasteiger partial charge < -0.3 is 10.6 Å². The summed E-state index contributed by atoms with van der Waals surface area (Å²) in [7, 11) is -3.63. The SMILES string of the molecule is Cc1ccc(Nc2nc(C)cc(Nc3ccc(NS(=O)(=O)c4ccccc4)cc3)n2)cc1. The number of benzene rings is 3. The number of sulfonamides is 1. The molecule has 0 unspecified atom stereocenters. The fourth-order valence-electron chi connectivity index (χ4n) is 3.04. The molecule has 4 rings (SSSR count). The summed E-state index contributed by atoms with van der Waals surface area (Å²) in [6.45, 7) is 3.93. The number of hydrogen-bond donors (Lipinski definition) is 3. The summed E-state index contributed by atoms with van der Waals surface area (Å²) in [4.78, 5) is 9.18. The Labute approximate surface area is 187 Å². The molecule has 3 N–H and O–H groups in total. The monoisotopic (exact) mass is 445 g/mol. The van der Waals surface area contributed by atoms with E-state index in [1.807, 2.05) is 44.2 Å². The number of hydrogen-bond acceptors (Lipinski definition) is 6. The molecule has 1 aromatic heterocycles. The van der Waals surface area contributed by atoms with Crippen LogP contribution in [-0.4, -0.2) is 18.4 Å². The van der Waals surface area contributed by atoms with E-state index in [0.29, 0.717) is 17.5 Å². The smallest absolute Gasteiger partial charge is 0.261 e. The normalized spacial score (nSPS) is 11.1. The lowest BCUT2D eigenvalue weighted by Crippen LogP contribution is -2.12. The highest BCUT2D eigenvalue weighted by Crippen LogP contribution is 2.22.